The topological polar surface area (TPSA) is 56.8 Å². The lowest BCUT2D eigenvalue weighted by Gasteiger charge is -2.22. The summed E-state index contributed by atoms with van der Waals surface area (Å²) in [6, 6.07) is 2.86. The van der Waals surface area contributed by atoms with E-state index in [-0.39, 0.29) is 6.04 Å². The van der Waals surface area contributed by atoms with Crippen molar-refractivity contribution >= 4 is 17.6 Å². The highest BCUT2D eigenvalue weighted by molar-refractivity contribution is 6.33. The van der Waals surface area contributed by atoms with Crippen molar-refractivity contribution in [1.82, 2.24) is 5.32 Å². The van der Waals surface area contributed by atoms with E-state index in [0.717, 1.165) is 0 Å². The number of benzene rings is 1. The van der Waals surface area contributed by atoms with Crippen LogP contribution in [0.5, 0.6) is 11.5 Å². The van der Waals surface area contributed by atoms with Crippen LogP contribution in [0.4, 0.5) is 0 Å². The molecule has 1 rings (SSSR count). The Labute approximate surface area is 124 Å². The van der Waals surface area contributed by atoms with E-state index in [9.17, 15) is 4.79 Å². The highest BCUT2D eigenvalue weighted by atomic mass is 35.5. The van der Waals surface area contributed by atoms with Gasteiger partial charge in [-0.1, -0.05) is 17.7 Å². The maximum atomic E-state index is 11.9. The number of hydrogen-bond acceptors (Lipinski definition) is 5. The van der Waals surface area contributed by atoms with Gasteiger partial charge in [0.15, 0.2) is 11.5 Å². The molecule has 0 amide bonds. The molecule has 0 fully saturated rings. The monoisotopic (exact) mass is 301 g/mol. The molecular weight excluding hydrogens is 282 g/mol. The summed E-state index contributed by atoms with van der Waals surface area (Å²) in [7, 11) is 4.36. The standard InChI is InChI=1S/C14H20ClNO4/c1-8(2)16-12(14(17)20-5)9-6-7-10(18-3)13(19-4)11(9)15/h6-8,12,16H,1-5H3. The van der Waals surface area contributed by atoms with E-state index < -0.39 is 12.0 Å². The Hall–Kier alpha value is -1.46. The first-order chi connectivity index (χ1) is 9.46. The molecule has 0 saturated carbocycles. The fraction of sp³-hybridized carbons (Fsp3) is 0.500. The van der Waals surface area contributed by atoms with Crippen LogP contribution in [0.1, 0.15) is 25.5 Å². The van der Waals surface area contributed by atoms with Crippen molar-refractivity contribution in [3.63, 3.8) is 0 Å². The molecule has 20 heavy (non-hydrogen) atoms. The van der Waals surface area contributed by atoms with Crippen LogP contribution >= 0.6 is 11.6 Å². The molecule has 112 valence electrons. The van der Waals surface area contributed by atoms with Crippen molar-refractivity contribution in [2.75, 3.05) is 21.3 Å². The first-order valence-corrected chi connectivity index (χ1v) is 6.58. The van der Waals surface area contributed by atoms with E-state index in [0.29, 0.717) is 22.1 Å². The zero-order valence-electron chi connectivity index (χ0n) is 12.3. The molecule has 1 atom stereocenters. The van der Waals surface area contributed by atoms with E-state index >= 15 is 0 Å². The molecule has 5 nitrogen and oxygen atoms in total. The third-order valence-electron chi connectivity index (χ3n) is 2.76. The van der Waals surface area contributed by atoms with Crippen molar-refractivity contribution in [2.45, 2.75) is 25.9 Å². The summed E-state index contributed by atoms with van der Waals surface area (Å²) < 4.78 is 15.2. The van der Waals surface area contributed by atoms with Gasteiger partial charge in [-0.3, -0.25) is 5.32 Å². The average molecular weight is 302 g/mol. The zero-order chi connectivity index (χ0) is 15.3. The summed E-state index contributed by atoms with van der Waals surface area (Å²) >= 11 is 6.32. The molecule has 1 N–H and O–H groups in total. The van der Waals surface area contributed by atoms with Crippen LogP contribution in [0.15, 0.2) is 12.1 Å². The Morgan fingerprint density at radius 2 is 1.85 bits per heavy atom. The van der Waals surface area contributed by atoms with E-state index in [4.69, 9.17) is 25.8 Å². The molecule has 0 aliphatic carbocycles. The number of methoxy groups -OCH3 is 3. The lowest BCUT2D eigenvalue weighted by molar-refractivity contribution is -0.143. The lowest BCUT2D eigenvalue weighted by atomic mass is 10.0. The Bertz CT molecular complexity index is 476. The van der Waals surface area contributed by atoms with Gasteiger partial charge in [-0.25, -0.2) is 4.79 Å². The summed E-state index contributed by atoms with van der Waals surface area (Å²) in [6.07, 6.45) is 0. The van der Waals surface area contributed by atoms with Gasteiger partial charge in [0.05, 0.1) is 26.4 Å². The third kappa shape index (κ3) is 3.55. The smallest absolute Gasteiger partial charge is 0.327 e. The number of rotatable bonds is 6. The molecule has 0 aliphatic rings. The summed E-state index contributed by atoms with van der Waals surface area (Å²) in [5.41, 5.74) is 0.588. The average Bonchev–Trinajstić information content (AvgIpc) is 2.43. The molecule has 1 aromatic carbocycles. The summed E-state index contributed by atoms with van der Waals surface area (Å²) in [6.45, 7) is 3.87. The molecule has 1 aromatic rings. The Morgan fingerprint density at radius 3 is 2.30 bits per heavy atom. The predicted octanol–water partition coefficient (Wildman–Crippen LogP) is 2.57. The molecule has 6 heteroatoms. The number of halogens is 1. The van der Waals surface area contributed by atoms with Gasteiger partial charge in [-0.05, 0) is 19.9 Å². The van der Waals surface area contributed by atoms with E-state index in [1.807, 2.05) is 13.8 Å². The zero-order valence-corrected chi connectivity index (χ0v) is 13.1. The second kappa shape index (κ2) is 7.36. The first kappa shape index (κ1) is 16.6. The normalized spacial score (nSPS) is 12.2. The fourth-order valence-corrected chi connectivity index (χ4v) is 2.21. The SMILES string of the molecule is COC(=O)C(NC(C)C)c1ccc(OC)c(OC)c1Cl. The van der Waals surface area contributed by atoms with Gasteiger partial charge in [-0.2, -0.15) is 0 Å². The van der Waals surface area contributed by atoms with Crippen LogP contribution in [0.25, 0.3) is 0 Å². The van der Waals surface area contributed by atoms with Gasteiger partial charge in [0.2, 0.25) is 0 Å². The van der Waals surface area contributed by atoms with Gasteiger partial charge in [-0.15, -0.1) is 0 Å². The van der Waals surface area contributed by atoms with E-state index in [1.54, 1.807) is 12.1 Å². The van der Waals surface area contributed by atoms with Crippen LogP contribution < -0.4 is 14.8 Å². The minimum atomic E-state index is -0.660. The van der Waals surface area contributed by atoms with Crippen LogP contribution in [0.2, 0.25) is 5.02 Å². The molecule has 0 spiro atoms. The fourth-order valence-electron chi connectivity index (χ4n) is 1.86. The van der Waals surface area contributed by atoms with Crippen molar-refractivity contribution < 1.29 is 19.0 Å². The minimum absolute atomic E-state index is 0.0864. The number of nitrogens with one attached hydrogen (secondary N) is 1. The largest absolute Gasteiger partial charge is 0.493 e. The first-order valence-electron chi connectivity index (χ1n) is 6.20. The van der Waals surface area contributed by atoms with Crippen molar-refractivity contribution in [1.29, 1.82) is 0 Å². The highest BCUT2D eigenvalue weighted by Crippen LogP contribution is 2.39. The molecule has 0 radical (unpaired) electrons. The third-order valence-corrected chi connectivity index (χ3v) is 3.15. The Morgan fingerprint density at radius 1 is 1.20 bits per heavy atom. The van der Waals surface area contributed by atoms with E-state index in [2.05, 4.69) is 5.32 Å². The molecule has 0 saturated heterocycles. The number of esters is 1. The number of carbonyl (C=O) groups is 1. The second-order valence-corrected chi connectivity index (χ2v) is 4.86. The summed E-state index contributed by atoms with van der Waals surface area (Å²) in [4.78, 5) is 11.9. The Kier molecular flexibility index (Phi) is 6.10. The lowest BCUT2D eigenvalue weighted by Crippen LogP contribution is -2.34. The highest BCUT2D eigenvalue weighted by Gasteiger charge is 2.27. The second-order valence-electron chi connectivity index (χ2n) is 4.48. The predicted molar refractivity (Wildman–Crippen MR) is 77.6 cm³/mol. The van der Waals surface area contributed by atoms with Crippen molar-refractivity contribution in [2.24, 2.45) is 0 Å². The molecule has 0 bridgehead atoms. The molecule has 0 aromatic heterocycles. The quantitative estimate of drug-likeness (QED) is 0.818. The number of ether oxygens (including phenoxy) is 3. The Balaban J connectivity index is 3.30. The van der Waals surface area contributed by atoms with Gasteiger partial charge in [0, 0.05) is 11.6 Å². The molecule has 1 unspecified atom stereocenters. The molecular formula is C14H20ClNO4. The van der Waals surface area contributed by atoms with Gasteiger partial charge >= 0.3 is 5.97 Å². The van der Waals surface area contributed by atoms with Gasteiger partial charge in [0.25, 0.3) is 0 Å². The summed E-state index contributed by atoms with van der Waals surface area (Å²) in [5, 5.41) is 3.45. The minimum Gasteiger partial charge on any atom is -0.493 e. The maximum Gasteiger partial charge on any atom is 0.327 e. The van der Waals surface area contributed by atoms with Crippen LogP contribution in [-0.4, -0.2) is 33.3 Å². The van der Waals surface area contributed by atoms with Crippen LogP contribution in [-0.2, 0) is 9.53 Å². The molecule has 0 aliphatic heterocycles. The van der Waals surface area contributed by atoms with E-state index in [1.165, 1.54) is 21.3 Å². The molecule has 0 heterocycles. The van der Waals surface area contributed by atoms with Gasteiger partial charge in [0.1, 0.15) is 6.04 Å². The van der Waals surface area contributed by atoms with Crippen LogP contribution in [0, 0.1) is 0 Å². The number of hydrogen-bond donors (Lipinski definition) is 1. The maximum absolute atomic E-state index is 11.9. The van der Waals surface area contributed by atoms with Gasteiger partial charge < -0.3 is 14.2 Å². The van der Waals surface area contributed by atoms with Crippen LogP contribution in [0.3, 0.4) is 0 Å². The summed E-state index contributed by atoms with van der Waals surface area (Å²) in [5.74, 6) is 0.494. The number of carbonyl (C=O) groups excluding carboxylic acids is 1. The van der Waals surface area contributed by atoms with Crippen molar-refractivity contribution in [3.8, 4) is 11.5 Å². The van der Waals surface area contributed by atoms with Crippen molar-refractivity contribution in [3.05, 3.63) is 22.7 Å².